The Morgan fingerprint density at radius 1 is 1.58 bits per heavy atom. The van der Waals surface area contributed by atoms with E-state index in [0.29, 0.717) is 16.6 Å². The first-order chi connectivity index (χ1) is 9.19. The van der Waals surface area contributed by atoms with Crippen LogP contribution in [0, 0.1) is 11.3 Å². The fourth-order valence-corrected chi connectivity index (χ4v) is 2.12. The van der Waals surface area contributed by atoms with Crippen molar-refractivity contribution in [2.24, 2.45) is 0 Å². The van der Waals surface area contributed by atoms with Gasteiger partial charge in [0.05, 0.1) is 0 Å². The molecule has 0 aromatic carbocycles. The van der Waals surface area contributed by atoms with Gasteiger partial charge in [-0.1, -0.05) is 11.8 Å². The lowest BCUT2D eigenvalue weighted by atomic mass is 10.2. The molecule has 0 atom stereocenters. The molecular formula is C10H8N6O2S. The Bertz CT molecular complexity index is 635. The lowest BCUT2D eigenvalue weighted by molar-refractivity contribution is -0.138. The van der Waals surface area contributed by atoms with Crippen LogP contribution in [0.3, 0.4) is 0 Å². The zero-order valence-corrected chi connectivity index (χ0v) is 10.4. The van der Waals surface area contributed by atoms with Crippen molar-refractivity contribution in [1.82, 2.24) is 25.2 Å². The molecule has 0 aliphatic heterocycles. The minimum atomic E-state index is -1.01. The largest absolute Gasteiger partial charge is 0.480 e. The number of thioether (sulfide) groups is 1. The molecule has 2 aromatic heterocycles. The van der Waals surface area contributed by atoms with Crippen LogP contribution in [-0.2, 0) is 17.1 Å². The van der Waals surface area contributed by atoms with Crippen LogP contribution in [0.4, 0.5) is 0 Å². The highest BCUT2D eigenvalue weighted by Gasteiger charge is 2.10. The van der Waals surface area contributed by atoms with Gasteiger partial charge in [-0.2, -0.15) is 5.26 Å². The van der Waals surface area contributed by atoms with E-state index in [1.165, 1.54) is 16.4 Å². The van der Waals surface area contributed by atoms with Crippen molar-refractivity contribution in [3.8, 4) is 6.07 Å². The lowest BCUT2D eigenvalue weighted by Gasteiger charge is -2.01. The zero-order valence-electron chi connectivity index (χ0n) is 9.59. The molecule has 0 saturated heterocycles. The highest BCUT2D eigenvalue weighted by Crippen LogP contribution is 2.19. The summed E-state index contributed by atoms with van der Waals surface area (Å²) in [5.74, 6) is -0.484. The van der Waals surface area contributed by atoms with Crippen LogP contribution in [0.2, 0.25) is 0 Å². The first-order valence-corrected chi connectivity index (χ1v) is 6.13. The van der Waals surface area contributed by atoms with Crippen molar-refractivity contribution < 1.29 is 9.90 Å². The summed E-state index contributed by atoms with van der Waals surface area (Å²) in [6.07, 6.45) is 1.55. The maximum absolute atomic E-state index is 10.6. The second kappa shape index (κ2) is 5.92. The van der Waals surface area contributed by atoms with Crippen LogP contribution in [0.15, 0.2) is 23.5 Å². The monoisotopic (exact) mass is 276 g/mol. The number of carboxylic acid groups (broad SMARTS) is 1. The number of aliphatic carboxylic acids is 1. The minimum absolute atomic E-state index is 0.283. The summed E-state index contributed by atoms with van der Waals surface area (Å²) < 4.78 is 1.21. The number of aromatic nitrogens is 5. The molecule has 0 radical (unpaired) electrons. The normalized spacial score (nSPS) is 10.1. The molecule has 0 fully saturated rings. The average Bonchev–Trinajstić information content (AvgIpc) is 2.83. The number of nitriles is 1. The number of pyridine rings is 1. The van der Waals surface area contributed by atoms with Gasteiger partial charge in [0, 0.05) is 11.9 Å². The number of carbonyl (C=O) groups is 1. The number of nitrogens with zero attached hydrogens (tertiary/aromatic N) is 6. The van der Waals surface area contributed by atoms with E-state index in [2.05, 4.69) is 20.5 Å². The van der Waals surface area contributed by atoms with E-state index in [9.17, 15) is 4.79 Å². The standard InChI is InChI=1S/C10H8N6O2S/c11-4-8-3-7(1-2-12-8)6-19-10-13-14-15-16(10)5-9(17)18/h1-3H,5-6H2,(H,17,18). The fourth-order valence-electron chi connectivity index (χ4n) is 1.30. The van der Waals surface area contributed by atoms with E-state index in [0.717, 1.165) is 5.56 Å². The van der Waals surface area contributed by atoms with Crippen LogP contribution in [0.1, 0.15) is 11.3 Å². The van der Waals surface area contributed by atoms with E-state index >= 15 is 0 Å². The number of tetrazole rings is 1. The number of rotatable bonds is 5. The smallest absolute Gasteiger partial charge is 0.325 e. The first kappa shape index (κ1) is 13.0. The third-order valence-electron chi connectivity index (χ3n) is 2.09. The molecule has 0 aliphatic rings. The summed E-state index contributed by atoms with van der Waals surface area (Å²) in [5.41, 5.74) is 1.23. The quantitative estimate of drug-likeness (QED) is 0.775. The maximum Gasteiger partial charge on any atom is 0.325 e. The molecule has 2 heterocycles. The predicted molar refractivity (Wildman–Crippen MR) is 64.0 cm³/mol. The van der Waals surface area contributed by atoms with Gasteiger partial charge in [-0.15, -0.1) is 5.10 Å². The van der Waals surface area contributed by atoms with Gasteiger partial charge in [0.1, 0.15) is 18.3 Å². The summed E-state index contributed by atoms with van der Waals surface area (Å²) in [4.78, 5) is 14.5. The first-order valence-electron chi connectivity index (χ1n) is 5.15. The molecule has 0 amide bonds. The van der Waals surface area contributed by atoms with Gasteiger partial charge in [0.15, 0.2) is 0 Å². The van der Waals surface area contributed by atoms with Gasteiger partial charge in [0.25, 0.3) is 0 Å². The van der Waals surface area contributed by atoms with Crippen LogP contribution < -0.4 is 0 Å². The van der Waals surface area contributed by atoms with E-state index in [-0.39, 0.29) is 6.54 Å². The third-order valence-corrected chi connectivity index (χ3v) is 3.12. The molecule has 0 saturated carbocycles. The average molecular weight is 276 g/mol. The van der Waals surface area contributed by atoms with Crippen molar-refractivity contribution >= 4 is 17.7 Å². The van der Waals surface area contributed by atoms with Gasteiger partial charge in [-0.3, -0.25) is 4.79 Å². The SMILES string of the molecule is N#Cc1cc(CSc2nnnn2CC(=O)O)ccn1. The molecule has 19 heavy (non-hydrogen) atoms. The Morgan fingerprint density at radius 3 is 3.16 bits per heavy atom. The van der Waals surface area contributed by atoms with Crippen molar-refractivity contribution in [2.75, 3.05) is 0 Å². The second-order valence-electron chi connectivity index (χ2n) is 3.46. The highest BCUT2D eigenvalue weighted by atomic mass is 32.2. The molecular weight excluding hydrogens is 268 g/mol. The van der Waals surface area contributed by atoms with Gasteiger partial charge >= 0.3 is 5.97 Å². The molecule has 0 unspecified atom stereocenters. The van der Waals surface area contributed by atoms with Gasteiger partial charge in [0.2, 0.25) is 5.16 Å². The maximum atomic E-state index is 10.6. The number of hydrogen-bond donors (Lipinski definition) is 1. The minimum Gasteiger partial charge on any atom is -0.480 e. The summed E-state index contributed by atoms with van der Waals surface area (Å²) in [5, 5.41) is 28.6. The summed E-state index contributed by atoms with van der Waals surface area (Å²) in [6.45, 7) is -0.283. The van der Waals surface area contributed by atoms with E-state index < -0.39 is 5.97 Å². The Labute approximate surface area is 112 Å². The van der Waals surface area contributed by atoms with Crippen molar-refractivity contribution in [1.29, 1.82) is 5.26 Å². The Kier molecular flexibility index (Phi) is 4.04. The summed E-state index contributed by atoms with van der Waals surface area (Å²) in [6, 6.07) is 5.40. The molecule has 1 N–H and O–H groups in total. The van der Waals surface area contributed by atoms with Crippen LogP contribution in [0.5, 0.6) is 0 Å². The second-order valence-corrected chi connectivity index (χ2v) is 4.41. The van der Waals surface area contributed by atoms with E-state index in [1.54, 1.807) is 18.3 Å². The molecule has 96 valence electrons. The van der Waals surface area contributed by atoms with Gasteiger partial charge < -0.3 is 5.11 Å². The third kappa shape index (κ3) is 3.49. The Balaban J connectivity index is 2.04. The Morgan fingerprint density at radius 2 is 2.42 bits per heavy atom. The molecule has 2 rings (SSSR count). The number of carboxylic acids is 1. The predicted octanol–water partition coefficient (Wildman–Crippen LogP) is 0.317. The summed E-state index contributed by atoms with van der Waals surface area (Å²) in [7, 11) is 0. The zero-order chi connectivity index (χ0) is 13.7. The number of hydrogen-bond acceptors (Lipinski definition) is 7. The molecule has 0 aliphatic carbocycles. The topological polar surface area (TPSA) is 118 Å². The van der Waals surface area contributed by atoms with E-state index in [4.69, 9.17) is 10.4 Å². The van der Waals surface area contributed by atoms with Gasteiger partial charge in [-0.25, -0.2) is 9.67 Å². The fraction of sp³-hybridized carbons (Fsp3) is 0.200. The van der Waals surface area contributed by atoms with Crippen molar-refractivity contribution in [2.45, 2.75) is 17.5 Å². The van der Waals surface area contributed by atoms with Crippen molar-refractivity contribution in [3.05, 3.63) is 29.6 Å². The van der Waals surface area contributed by atoms with Crippen LogP contribution in [-0.4, -0.2) is 36.3 Å². The highest BCUT2D eigenvalue weighted by molar-refractivity contribution is 7.98. The molecule has 2 aromatic rings. The molecule has 9 heteroatoms. The van der Waals surface area contributed by atoms with Crippen LogP contribution in [0.25, 0.3) is 0 Å². The van der Waals surface area contributed by atoms with Crippen molar-refractivity contribution in [3.63, 3.8) is 0 Å². The molecule has 0 bridgehead atoms. The van der Waals surface area contributed by atoms with E-state index in [1.807, 2.05) is 6.07 Å². The van der Waals surface area contributed by atoms with Gasteiger partial charge in [-0.05, 0) is 28.1 Å². The van der Waals surface area contributed by atoms with Crippen LogP contribution >= 0.6 is 11.8 Å². The lowest BCUT2D eigenvalue weighted by Crippen LogP contribution is -2.11. The molecule has 0 spiro atoms. The summed E-state index contributed by atoms with van der Waals surface area (Å²) >= 11 is 1.29. The molecule has 8 nitrogen and oxygen atoms in total. The Hall–Kier alpha value is -2.47.